The largest absolute Gasteiger partial charge is 0.369 e. The minimum Gasteiger partial charge on any atom is -0.369 e. The lowest BCUT2D eigenvalue weighted by Gasteiger charge is -2.35. The Hall–Kier alpha value is -2.78. The van der Waals surface area contributed by atoms with E-state index in [0.717, 1.165) is 10.6 Å². The maximum atomic E-state index is 13.1. The van der Waals surface area contributed by atoms with E-state index in [-0.39, 0.29) is 22.5 Å². The Morgan fingerprint density at radius 2 is 1.27 bits per heavy atom. The van der Waals surface area contributed by atoms with Crippen LogP contribution in [-0.4, -0.2) is 50.7 Å². The van der Waals surface area contributed by atoms with Crippen molar-refractivity contribution in [2.24, 2.45) is 0 Å². The summed E-state index contributed by atoms with van der Waals surface area (Å²) in [5.74, 6) is -0.839. The number of piperazine rings is 1. The third kappa shape index (κ3) is 3.95. The van der Waals surface area contributed by atoms with E-state index in [1.165, 1.54) is 40.7 Å². The summed E-state index contributed by atoms with van der Waals surface area (Å²) in [5, 5.41) is 0. The van der Waals surface area contributed by atoms with E-state index in [1.54, 1.807) is 12.1 Å². The molecule has 158 valence electrons. The maximum Gasteiger partial charge on any atom is 0.243 e. The second kappa shape index (κ2) is 8.16. The highest BCUT2D eigenvalue weighted by Crippen LogP contribution is 2.26. The Morgan fingerprint density at radius 3 is 1.83 bits per heavy atom. The van der Waals surface area contributed by atoms with E-state index in [2.05, 4.69) is 0 Å². The van der Waals surface area contributed by atoms with Crippen molar-refractivity contribution < 1.29 is 22.4 Å². The van der Waals surface area contributed by atoms with Gasteiger partial charge in [-0.3, -0.25) is 14.5 Å². The van der Waals surface area contributed by atoms with Gasteiger partial charge in [0.25, 0.3) is 0 Å². The second-order valence-corrected chi connectivity index (χ2v) is 9.28. The Morgan fingerprint density at radius 1 is 0.733 bits per heavy atom. The minimum absolute atomic E-state index is 0.124. The predicted molar refractivity (Wildman–Crippen MR) is 110 cm³/mol. The van der Waals surface area contributed by atoms with Crippen LogP contribution < -0.4 is 9.80 Å². The number of hydrogen-bond donors (Lipinski definition) is 0. The standard InChI is InChI=1S/C21H22FN3O4S/c22-16-4-6-17(7-5-16)23-12-14-24(15-13-23)30(28,29)19-10-8-18(9-11-19)25-20(26)2-1-3-21(25)27/h4-11H,1-3,12-15H2. The van der Waals surface area contributed by atoms with E-state index >= 15 is 0 Å². The van der Waals surface area contributed by atoms with Crippen molar-refractivity contribution in [3.8, 4) is 0 Å². The monoisotopic (exact) mass is 431 g/mol. The van der Waals surface area contributed by atoms with Gasteiger partial charge in [-0.25, -0.2) is 12.8 Å². The molecular formula is C21H22FN3O4S. The Labute approximate surface area is 174 Å². The molecule has 2 aliphatic heterocycles. The van der Waals surface area contributed by atoms with Gasteiger partial charge < -0.3 is 4.90 Å². The molecule has 0 aromatic heterocycles. The average Bonchev–Trinajstić information content (AvgIpc) is 2.75. The van der Waals surface area contributed by atoms with Crippen LogP contribution in [0.2, 0.25) is 0 Å². The van der Waals surface area contributed by atoms with Gasteiger partial charge in [-0.15, -0.1) is 0 Å². The van der Waals surface area contributed by atoms with Gasteiger partial charge in [0.15, 0.2) is 0 Å². The Bertz CT molecular complexity index is 1030. The number of sulfonamides is 1. The van der Waals surface area contributed by atoms with Crippen LogP contribution in [0.3, 0.4) is 0 Å². The van der Waals surface area contributed by atoms with Crippen molar-refractivity contribution >= 4 is 33.2 Å². The predicted octanol–water partition coefficient (Wildman–Crippen LogP) is 2.38. The molecule has 0 radical (unpaired) electrons. The molecule has 2 heterocycles. The fraction of sp³-hybridized carbons (Fsp3) is 0.333. The molecule has 2 aliphatic rings. The number of hydrogen-bond acceptors (Lipinski definition) is 5. The molecule has 2 aromatic carbocycles. The van der Waals surface area contributed by atoms with Crippen LogP contribution in [0.5, 0.6) is 0 Å². The van der Waals surface area contributed by atoms with Gasteiger partial charge in [0.2, 0.25) is 21.8 Å². The molecule has 0 saturated carbocycles. The molecule has 2 saturated heterocycles. The highest BCUT2D eigenvalue weighted by Gasteiger charge is 2.30. The van der Waals surface area contributed by atoms with Gasteiger partial charge in [-0.1, -0.05) is 0 Å². The normalized spacial score (nSPS) is 18.7. The van der Waals surface area contributed by atoms with Crippen LogP contribution in [0, 0.1) is 5.82 Å². The molecule has 30 heavy (non-hydrogen) atoms. The molecule has 0 N–H and O–H groups in total. The fourth-order valence-electron chi connectivity index (χ4n) is 3.80. The topological polar surface area (TPSA) is 78.0 Å². The number of carbonyl (C=O) groups is 2. The van der Waals surface area contributed by atoms with E-state index in [9.17, 15) is 22.4 Å². The molecule has 0 spiro atoms. The summed E-state index contributed by atoms with van der Waals surface area (Å²) in [4.78, 5) is 27.4. The summed E-state index contributed by atoms with van der Waals surface area (Å²) < 4.78 is 40.5. The second-order valence-electron chi connectivity index (χ2n) is 7.34. The van der Waals surface area contributed by atoms with Gasteiger partial charge in [0.05, 0.1) is 10.6 Å². The summed E-state index contributed by atoms with van der Waals surface area (Å²) in [6.07, 6.45) is 1.17. The number of halogens is 1. The van der Waals surface area contributed by atoms with Crippen molar-refractivity contribution in [2.75, 3.05) is 36.0 Å². The third-order valence-electron chi connectivity index (χ3n) is 5.44. The lowest BCUT2D eigenvalue weighted by Crippen LogP contribution is -2.48. The molecule has 0 aliphatic carbocycles. The average molecular weight is 431 g/mol. The zero-order chi connectivity index (χ0) is 21.3. The quantitative estimate of drug-likeness (QED) is 0.695. The van der Waals surface area contributed by atoms with Crippen molar-refractivity contribution in [1.29, 1.82) is 0 Å². The molecule has 4 rings (SSSR count). The molecule has 0 atom stereocenters. The summed E-state index contributed by atoms with van der Waals surface area (Å²) >= 11 is 0. The van der Waals surface area contributed by atoms with Gasteiger partial charge in [0.1, 0.15) is 5.82 Å². The first-order valence-electron chi connectivity index (χ1n) is 9.83. The van der Waals surface area contributed by atoms with Gasteiger partial charge >= 0.3 is 0 Å². The SMILES string of the molecule is O=C1CCCC(=O)N1c1ccc(S(=O)(=O)N2CCN(c3ccc(F)cc3)CC2)cc1. The van der Waals surface area contributed by atoms with Crippen LogP contribution in [0.1, 0.15) is 19.3 Å². The number of amides is 2. The minimum atomic E-state index is -3.69. The number of carbonyl (C=O) groups excluding carboxylic acids is 2. The smallest absolute Gasteiger partial charge is 0.243 e. The zero-order valence-electron chi connectivity index (χ0n) is 16.3. The summed E-state index contributed by atoms with van der Waals surface area (Å²) in [6, 6.07) is 12.0. The number of imide groups is 1. The highest BCUT2D eigenvalue weighted by atomic mass is 32.2. The van der Waals surface area contributed by atoms with Crippen molar-refractivity contribution in [3.05, 3.63) is 54.3 Å². The van der Waals surface area contributed by atoms with Crippen molar-refractivity contribution in [3.63, 3.8) is 0 Å². The lowest BCUT2D eigenvalue weighted by molar-refractivity contribution is -0.129. The van der Waals surface area contributed by atoms with Crippen LogP contribution in [0.4, 0.5) is 15.8 Å². The number of rotatable bonds is 4. The molecule has 2 aromatic rings. The zero-order valence-corrected chi connectivity index (χ0v) is 17.1. The van der Waals surface area contributed by atoms with Crippen LogP contribution >= 0.6 is 0 Å². The van der Waals surface area contributed by atoms with Crippen LogP contribution in [-0.2, 0) is 19.6 Å². The maximum absolute atomic E-state index is 13.1. The van der Waals surface area contributed by atoms with E-state index in [4.69, 9.17) is 0 Å². The fourth-order valence-corrected chi connectivity index (χ4v) is 5.22. The first-order chi connectivity index (χ1) is 14.4. The third-order valence-corrected chi connectivity index (χ3v) is 7.36. The molecule has 2 fully saturated rings. The van der Waals surface area contributed by atoms with Crippen LogP contribution in [0.15, 0.2) is 53.4 Å². The number of piperidine rings is 1. The Kier molecular flexibility index (Phi) is 5.57. The van der Waals surface area contributed by atoms with Crippen molar-refractivity contribution in [1.82, 2.24) is 4.31 Å². The van der Waals surface area contributed by atoms with Gasteiger partial charge in [-0.05, 0) is 55.0 Å². The molecule has 7 nitrogen and oxygen atoms in total. The number of anilines is 2. The lowest BCUT2D eigenvalue weighted by atomic mass is 10.1. The number of benzene rings is 2. The van der Waals surface area contributed by atoms with Crippen molar-refractivity contribution in [2.45, 2.75) is 24.2 Å². The highest BCUT2D eigenvalue weighted by molar-refractivity contribution is 7.89. The van der Waals surface area contributed by atoms with E-state index < -0.39 is 10.0 Å². The van der Waals surface area contributed by atoms with E-state index in [0.29, 0.717) is 51.1 Å². The van der Waals surface area contributed by atoms with Gasteiger partial charge in [-0.2, -0.15) is 4.31 Å². The Balaban J connectivity index is 1.45. The van der Waals surface area contributed by atoms with Gasteiger partial charge in [0, 0.05) is 44.7 Å². The summed E-state index contributed by atoms with van der Waals surface area (Å²) in [5.41, 5.74) is 1.25. The first-order valence-corrected chi connectivity index (χ1v) is 11.3. The molecule has 9 heteroatoms. The molecule has 2 amide bonds. The summed E-state index contributed by atoms with van der Waals surface area (Å²) in [6.45, 7) is 1.62. The molecule has 0 bridgehead atoms. The molecular weight excluding hydrogens is 409 g/mol. The van der Waals surface area contributed by atoms with E-state index in [1.807, 2.05) is 4.90 Å². The van der Waals surface area contributed by atoms with Crippen LogP contribution in [0.25, 0.3) is 0 Å². The summed E-state index contributed by atoms with van der Waals surface area (Å²) in [7, 11) is -3.69. The number of nitrogens with zero attached hydrogens (tertiary/aromatic N) is 3. The first kappa shape index (κ1) is 20.5. The molecule has 0 unspecified atom stereocenters.